The second-order valence-electron chi connectivity index (χ2n) is 4.37. The molecule has 0 unspecified atom stereocenters. The number of aromatic amines is 1. The van der Waals surface area contributed by atoms with E-state index in [1.54, 1.807) is 12.1 Å². The van der Waals surface area contributed by atoms with E-state index < -0.39 is 0 Å². The number of nitrogens with zero attached hydrogens (tertiary/aromatic N) is 1. The predicted octanol–water partition coefficient (Wildman–Crippen LogP) is 2.68. The Morgan fingerprint density at radius 3 is 2.67 bits per heavy atom. The van der Waals surface area contributed by atoms with Crippen molar-refractivity contribution in [3.63, 3.8) is 0 Å². The number of imidazole rings is 1. The van der Waals surface area contributed by atoms with Gasteiger partial charge < -0.3 is 10.3 Å². The van der Waals surface area contributed by atoms with Gasteiger partial charge in [0.2, 0.25) is 0 Å². The summed E-state index contributed by atoms with van der Waals surface area (Å²) >= 11 is 0. The molecule has 1 aromatic heterocycles. The number of hydrogen-bond donors (Lipinski definition) is 2. The highest BCUT2D eigenvalue weighted by atomic mass is 19.1. The molecule has 0 bridgehead atoms. The van der Waals surface area contributed by atoms with Crippen LogP contribution in [0, 0.1) is 12.7 Å². The minimum Gasteiger partial charge on any atom is -0.346 e. The van der Waals surface area contributed by atoms with Crippen LogP contribution in [0.25, 0.3) is 11.3 Å². The van der Waals surface area contributed by atoms with Gasteiger partial charge in [0.15, 0.2) is 0 Å². The molecule has 0 radical (unpaired) electrons. The van der Waals surface area contributed by atoms with E-state index in [0.29, 0.717) is 0 Å². The number of aromatic nitrogens is 2. The average molecular weight is 247 g/mol. The first kappa shape index (κ1) is 12.8. The highest BCUT2D eigenvalue weighted by Gasteiger charge is 2.08. The quantitative estimate of drug-likeness (QED) is 0.797. The third-order valence-electron chi connectivity index (χ3n) is 2.89. The van der Waals surface area contributed by atoms with Gasteiger partial charge in [0, 0.05) is 17.7 Å². The molecule has 1 heterocycles. The number of nitrogens with one attached hydrogen (secondary N) is 2. The van der Waals surface area contributed by atoms with Gasteiger partial charge in [0.25, 0.3) is 0 Å². The zero-order chi connectivity index (χ0) is 13.0. The molecule has 0 fully saturated rings. The number of hydrogen-bond acceptors (Lipinski definition) is 2. The smallest absolute Gasteiger partial charge is 0.123 e. The maximum absolute atomic E-state index is 12.9. The Morgan fingerprint density at radius 1 is 1.28 bits per heavy atom. The van der Waals surface area contributed by atoms with Crippen molar-refractivity contribution in [1.29, 1.82) is 0 Å². The predicted molar refractivity (Wildman–Crippen MR) is 71.0 cm³/mol. The molecule has 18 heavy (non-hydrogen) atoms. The molecular formula is C14H18FN3. The Kier molecular flexibility index (Phi) is 4.10. The highest BCUT2D eigenvalue weighted by Crippen LogP contribution is 2.21. The third kappa shape index (κ3) is 2.96. The summed E-state index contributed by atoms with van der Waals surface area (Å²) in [6.07, 6.45) is 1.97. The second kappa shape index (κ2) is 5.78. The molecule has 0 spiro atoms. The third-order valence-corrected chi connectivity index (χ3v) is 2.89. The van der Waals surface area contributed by atoms with Crippen molar-refractivity contribution < 1.29 is 4.39 Å². The van der Waals surface area contributed by atoms with E-state index >= 15 is 0 Å². The monoisotopic (exact) mass is 247 g/mol. The van der Waals surface area contributed by atoms with Crippen molar-refractivity contribution >= 4 is 0 Å². The van der Waals surface area contributed by atoms with Crippen LogP contribution in [0.5, 0.6) is 0 Å². The number of benzene rings is 1. The van der Waals surface area contributed by atoms with Gasteiger partial charge in [-0.05, 0) is 51.2 Å². The van der Waals surface area contributed by atoms with E-state index in [2.05, 4.69) is 15.3 Å². The summed E-state index contributed by atoms with van der Waals surface area (Å²) in [4.78, 5) is 7.86. The summed E-state index contributed by atoms with van der Waals surface area (Å²) in [7, 11) is 1.94. The van der Waals surface area contributed by atoms with Crippen LogP contribution < -0.4 is 5.32 Å². The van der Waals surface area contributed by atoms with Crippen LogP contribution >= 0.6 is 0 Å². The fourth-order valence-corrected chi connectivity index (χ4v) is 1.96. The molecule has 2 aromatic rings. The molecule has 96 valence electrons. The molecule has 0 saturated heterocycles. The van der Waals surface area contributed by atoms with E-state index in [1.165, 1.54) is 12.1 Å². The Bertz CT molecular complexity index is 502. The van der Waals surface area contributed by atoms with Crippen molar-refractivity contribution in [2.45, 2.75) is 19.8 Å². The zero-order valence-corrected chi connectivity index (χ0v) is 10.8. The lowest BCUT2D eigenvalue weighted by Crippen LogP contribution is -2.08. The first-order valence-corrected chi connectivity index (χ1v) is 6.16. The molecule has 0 aliphatic heterocycles. The van der Waals surface area contributed by atoms with Crippen molar-refractivity contribution in [2.24, 2.45) is 0 Å². The van der Waals surface area contributed by atoms with Crippen LogP contribution in [-0.2, 0) is 6.42 Å². The minimum atomic E-state index is -0.221. The first-order chi connectivity index (χ1) is 8.70. The van der Waals surface area contributed by atoms with Crippen molar-refractivity contribution in [3.8, 4) is 11.3 Å². The molecule has 2 rings (SSSR count). The van der Waals surface area contributed by atoms with Crippen LogP contribution in [0.4, 0.5) is 4.39 Å². The van der Waals surface area contributed by atoms with Gasteiger partial charge in [-0.3, -0.25) is 0 Å². The summed E-state index contributed by atoms with van der Waals surface area (Å²) in [6, 6.07) is 6.44. The molecule has 3 nitrogen and oxygen atoms in total. The van der Waals surface area contributed by atoms with Crippen LogP contribution in [0.3, 0.4) is 0 Å². The Hall–Kier alpha value is -1.68. The first-order valence-electron chi connectivity index (χ1n) is 6.16. The minimum absolute atomic E-state index is 0.221. The number of aryl methyl sites for hydroxylation is 2. The molecule has 0 saturated carbocycles. The zero-order valence-electron chi connectivity index (χ0n) is 10.8. The summed E-state index contributed by atoms with van der Waals surface area (Å²) in [5.41, 5.74) is 2.89. The van der Waals surface area contributed by atoms with Crippen LogP contribution in [0.1, 0.15) is 17.9 Å². The maximum atomic E-state index is 12.9. The fraction of sp³-hybridized carbons (Fsp3) is 0.357. The van der Waals surface area contributed by atoms with Gasteiger partial charge >= 0.3 is 0 Å². The van der Waals surface area contributed by atoms with Crippen molar-refractivity contribution in [1.82, 2.24) is 15.3 Å². The Morgan fingerprint density at radius 2 is 2.00 bits per heavy atom. The number of halogens is 1. The molecule has 0 atom stereocenters. The van der Waals surface area contributed by atoms with Crippen molar-refractivity contribution in [3.05, 3.63) is 41.6 Å². The second-order valence-corrected chi connectivity index (χ2v) is 4.37. The lowest BCUT2D eigenvalue weighted by atomic mass is 10.1. The maximum Gasteiger partial charge on any atom is 0.123 e. The van der Waals surface area contributed by atoms with E-state index in [0.717, 1.165) is 42.2 Å². The summed E-state index contributed by atoms with van der Waals surface area (Å²) < 4.78 is 12.9. The SMILES string of the molecule is CNCCCc1nc(-c2ccc(F)cc2)c(C)[nH]1. The lowest BCUT2D eigenvalue weighted by Gasteiger charge is -1.98. The van der Waals surface area contributed by atoms with E-state index in [-0.39, 0.29) is 5.82 Å². The van der Waals surface area contributed by atoms with E-state index in [1.807, 2.05) is 14.0 Å². The van der Waals surface area contributed by atoms with Gasteiger partial charge in [-0.25, -0.2) is 9.37 Å². The number of H-pyrrole nitrogens is 1. The summed E-state index contributed by atoms with van der Waals surface area (Å²) in [5.74, 6) is 0.767. The Labute approximate surface area is 106 Å². The van der Waals surface area contributed by atoms with Gasteiger partial charge in [-0.2, -0.15) is 0 Å². The molecular weight excluding hydrogens is 229 g/mol. The van der Waals surface area contributed by atoms with Crippen LogP contribution in [0.2, 0.25) is 0 Å². The lowest BCUT2D eigenvalue weighted by molar-refractivity contribution is 0.628. The number of rotatable bonds is 5. The van der Waals surface area contributed by atoms with E-state index in [4.69, 9.17) is 0 Å². The fourth-order valence-electron chi connectivity index (χ4n) is 1.96. The Balaban J connectivity index is 2.16. The molecule has 0 aliphatic rings. The largest absolute Gasteiger partial charge is 0.346 e. The topological polar surface area (TPSA) is 40.7 Å². The summed E-state index contributed by atoms with van der Waals surface area (Å²) in [5, 5.41) is 3.11. The van der Waals surface area contributed by atoms with Gasteiger partial charge in [0.05, 0.1) is 5.69 Å². The van der Waals surface area contributed by atoms with Crippen molar-refractivity contribution in [2.75, 3.05) is 13.6 Å². The van der Waals surface area contributed by atoms with E-state index in [9.17, 15) is 4.39 Å². The van der Waals surface area contributed by atoms with Crippen LogP contribution in [-0.4, -0.2) is 23.6 Å². The van der Waals surface area contributed by atoms with Crippen LogP contribution in [0.15, 0.2) is 24.3 Å². The molecule has 0 amide bonds. The molecule has 1 aromatic carbocycles. The van der Waals surface area contributed by atoms with Gasteiger partial charge in [-0.1, -0.05) is 0 Å². The molecule has 2 N–H and O–H groups in total. The molecule has 0 aliphatic carbocycles. The normalized spacial score (nSPS) is 10.8. The average Bonchev–Trinajstić information content (AvgIpc) is 2.72. The van der Waals surface area contributed by atoms with Gasteiger partial charge in [-0.15, -0.1) is 0 Å². The summed E-state index contributed by atoms with van der Waals surface area (Å²) in [6.45, 7) is 2.97. The van der Waals surface area contributed by atoms with Gasteiger partial charge in [0.1, 0.15) is 11.6 Å². The molecule has 4 heteroatoms. The standard InChI is InChI=1S/C14H18FN3/c1-10-14(11-5-7-12(15)8-6-11)18-13(17-10)4-3-9-16-2/h5-8,16H,3-4,9H2,1-2H3,(H,17,18). The highest BCUT2D eigenvalue weighted by molar-refractivity contribution is 5.61.